The maximum atomic E-state index is 11.8. The number of hydrogen-bond donors (Lipinski definition) is 2. The molecule has 4 rings (SSSR count). The van der Waals surface area contributed by atoms with E-state index in [0.29, 0.717) is 17.9 Å². The van der Waals surface area contributed by atoms with E-state index < -0.39 is 12.1 Å². The second kappa shape index (κ2) is 11.4. The van der Waals surface area contributed by atoms with Crippen molar-refractivity contribution in [1.29, 1.82) is 0 Å². The molecule has 9 heteroatoms. The molecule has 3 aliphatic rings. The summed E-state index contributed by atoms with van der Waals surface area (Å²) < 4.78 is 42.8. The Balaban J connectivity index is 0.000000406. The van der Waals surface area contributed by atoms with Gasteiger partial charge in [-0.1, -0.05) is 38.7 Å². The van der Waals surface area contributed by atoms with Crippen molar-refractivity contribution in [3.8, 4) is 5.75 Å². The first-order valence-corrected chi connectivity index (χ1v) is 12.1. The summed E-state index contributed by atoms with van der Waals surface area (Å²) in [7, 11) is 0. The standard InChI is InChI=1S/C23H33NO3.C2HF3O2/c1-2-3-4-8-22(25)27-16-26-18-10-9-17-14-21-19-7-5-6-11-23(19,12-13-24-21)20(17)15-18;3-2(4,5)1(6)7/h9-10,15,19,21,24H,2-8,11-14,16H2,1H3;(H,6,7)/t19-,21-,23+;/m1./s1. The van der Waals surface area contributed by atoms with Gasteiger partial charge in [0.25, 0.3) is 0 Å². The van der Waals surface area contributed by atoms with Crippen LogP contribution < -0.4 is 10.1 Å². The summed E-state index contributed by atoms with van der Waals surface area (Å²) in [5.41, 5.74) is 3.32. The normalized spacial score (nSPS) is 25.2. The van der Waals surface area contributed by atoms with Gasteiger partial charge in [-0.25, -0.2) is 4.79 Å². The van der Waals surface area contributed by atoms with Gasteiger partial charge in [0.05, 0.1) is 0 Å². The number of rotatable bonds is 7. The quantitative estimate of drug-likeness (QED) is 0.317. The van der Waals surface area contributed by atoms with Gasteiger partial charge in [0, 0.05) is 17.9 Å². The molecular formula is C25H34F3NO5. The van der Waals surface area contributed by atoms with Crippen molar-refractivity contribution >= 4 is 11.9 Å². The van der Waals surface area contributed by atoms with Crippen molar-refractivity contribution in [3.63, 3.8) is 0 Å². The summed E-state index contributed by atoms with van der Waals surface area (Å²) in [5.74, 6) is -1.31. The van der Waals surface area contributed by atoms with Gasteiger partial charge in [-0.05, 0) is 67.8 Å². The molecule has 1 aromatic carbocycles. The lowest BCUT2D eigenvalue weighted by atomic mass is 9.53. The van der Waals surface area contributed by atoms with E-state index in [2.05, 4.69) is 24.4 Å². The molecule has 3 atom stereocenters. The SMILES string of the molecule is CCCCCC(=O)OCOc1ccc2c(c1)[C@]13CCCC[C@@H]1[C@@H](C2)NCC3.O=C(O)C(F)(F)F. The van der Waals surface area contributed by atoms with Gasteiger partial charge in [-0.15, -0.1) is 0 Å². The average molecular weight is 486 g/mol. The smallest absolute Gasteiger partial charge is 0.475 e. The van der Waals surface area contributed by atoms with Crippen LogP contribution in [0, 0.1) is 5.92 Å². The zero-order valence-electron chi connectivity index (χ0n) is 19.6. The largest absolute Gasteiger partial charge is 0.490 e. The van der Waals surface area contributed by atoms with Crippen molar-refractivity contribution in [1.82, 2.24) is 5.32 Å². The lowest BCUT2D eigenvalue weighted by molar-refractivity contribution is -0.192. The van der Waals surface area contributed by atoms with Crippen molar-refractivity contribution in [2.24, 2.45) is 5.92 Å². The molecule has 2 aliphatic carbocycles. The van der Waals surface area contributed by atoms with Gasteiger partial charge in [0.2, 0.25) is 6.79 Å². The fraction of sp³-hybridized carbons (Fsp3) is 0.680. The number of carboxylic acids is 1. The highest BCUT2D eigenvalue weighted by Gasteiger charge is 2.51. The van der Waals surface area contributed by atoms with Crippen LogP contribution in [0.5, 0.6) is 5.75 Å². The number of fused-ring (bicyclic) bond motifs is 1. The molecule has 1 aromatic rings. The van der Waals surface area contributed by atoms with Crippen molar-refractivity contribution in [3.05, 3.63) is 29.3 Å². The number of carboxylic acid groups (broad SMARTS) is 1. The number of carbonyl (C=O) groups excluding carboxylic acids is 1. The third kappa shape index (κ3) is 6.23. The Morgan fingerprint density at radius 3 is 2.68 bits per heavy atom. The van der Waals surface area contributed by atoms with E-state index >= 15 is 0 Å². The zero-order valence-corrected chi connectivity index (χ0v) is 19.6. The maximum Gasteiger partial charge on any atom is 0.490 e. The molecule has 1 saturated carbocycles. The third-order valence-electron chi connectivity index (χ3n) is 7.29. The summed E-state index contributed by atoms with van der Waals surface area (Å²) in [4.78, 5) is 20.7. The van der Waals surface area contributed by atoms with Gasteiger partial charge < -0.3 is 19.9 Å². The number of ether oxygens (including phenoxy) is 2. The van der Waals surface area contributed by atoms with Gasteiger partial charge in [-0.2, -0.15) is 13.2 Å². The van der Waals surface area contributed by atoms with Crippen LogP contribution in [0.2, 0.25) is 0 Å². The number of carbonyl (C=O) groups is 2. The Bertz CT molecular complexity index is 855. The number of benzene rings is 1. The van der Waals surface area contributed by atoms with Gasteiger partial charge in [0.15, 0.2) is 0 Å². The van der Waals surface area contributed by atoms with E-state index in [1.54, 1.807) is 0 Å². The van der Waals surface area contributed by atoms with Crippen molar-refractivity contribution in [2.75, 3.05) is 13.3 Å². The predicted molar refractivity (Wildman–Crippen MR) is 120 cm³/mol. The first-order chi connectivity index (χ1) is 16.2. The second-order valence-electron chi connectivity index (χ2n) is 9.38. The summed E-state index contributed by atoms with van der Waals surface area (Å²) in [6.45, 7) is 3.27. The molecule has 34 heavy (non-hydrogen) atoms. The Labute approximate surface area is 198 Å². The van der Waals surface area contributed by atoms with E-state index in [1.165, 1.54) is 43.2 Å². The molecule has 190 valence electrons. The van der Waals surface area contributed by atoms with Gasteiger partial charge in [0.1, 0.15) is 5.75 Å². The van der Waals surface area contributed by atoms with Crippen LogP contribution >= 0.6 is 0 Å². The molecule has 2 N–H and O–H groups in total. The Morgan fingerprint density at radius 2 is 1.97 bits per heavy atom. The molecule has 0 amide bonds. The monoisotopic (exact) mass is 485 g/mol. The minimum absolute atomic E-state index is 0.0182. The average Bonchev–Trinajstić information content (AvgIpc) is 2.79. The lowest BCUT2D eigenvalue weighted by Gasteiger charge is -2.56. The third-order valence-corrected chi connectivity index (χ3v) is 7.29. The van der Waals surface area contributed by atoms with Crippen LogP contribution in [0.15, 0.2) is 18.2 Å². The molecule has 2 bridgehead atoms. The fourth-order valence-electron chi connectivity index (χ4n) is 5.75. The van der Waals surface area contributed by atoms with Gasteiger partial charge in [-0.3, -0.25) is 4.79 Å². The molecule has 1 saturated heterocycles. The number of alkyl halides is 3. The molecule has 1 aliphatic heterocycles. The molecule has 1 heterocycles. The summed E-state index contributed by atoms with van der Waals surface area (Å²) >= 11 is 0. The Kier molecular flexibility index (Phi) is 8.84. The summed E-state index contributed by atoms with van der Waals surface area (Å²) in [5, 5.41) is 10.9. The molecule has 0 unspecified atom stereocenters. The van der Waals surface area contributed by atoms with Crippen molar-refractivity contribution < 1.29 is 37.3 Å². The van der Waals surface area contributed by atoms with Crippen LogP contribution in [0.1, 0.15) is 75.8 Å². The summed E-state index contributed by atoms with van der Waals surface area (Å²) in [6.07, 6.45) is 6.20. The van der Waals surface area contributed by atoms with Gasteiger partial charge >= 0.3 is 18.1 Å². The zero-order chi connectivity index (χ0) is 24.8. The van der Waals surface area contributed by atoms with E-state index in [4.69, 9.17) is 19.4 Å². The predicted octanol–water partition coefficient (Wildman–Crippen LogP) is 5.13. The number of unbranched alkanes of at least 4 members (excludes halogenated alkanes) is 2. The number of esters is 1. The first kappa shape index (κ1) is 26.3. The second-order valence-corrected chi connectivity index (χ2v) is 9.38. The highest BCUT2D eigenvalue weighted by Crippen LogP contribution is 2.54. The minimum atomic E-state index is -5.08. The fourth-order valence-corrected chi connectivity index (χ4v) is 5.75. The molecule has 2 fully saturated rings. The maximum absolute atomic E-state index is 11.8. The highest BCUT2D eigenvalue weighted by atomic mass is 19.4. The topological polar surface area (TPSA) is 84.9 Å². The molecular weight excluding hydrogens is 451 g/mol. The number of halogens is 3. The van der Waals surface area contributed by atoms with E-state index in [9.17, 15) is 18.0 Å². The molecule has 0 spiro atoms. The first-order valence-electron chi connectivity index (χ1n) is 12.1. The highest BCUT2D eigenvalue weighted by molar-refractivity contribution is 5.73. The molecule has 0 radical (unpaired) electrons. The molecule has 0 aromatic heterocycles. The minimum Gasteiger partial charge on any atom is -0.475 e. The Hall–Kier alpha value is -2.29. The summed E-state index contributed by atoms with van der Waals surface area (Å²) in [6, 6.07) is 7.17. The van der Waals surface area contributed by atoms with Crippen LogP contribution in [-0.2, 0) is 26.2 Å². The number of aliphatic carboxylic acids is 1. The van der Waals surface area contributed by atoms with Crippen molar-refractivity contribution in [2.45, 2.75) is 88.8 Å². The van der Waals surface area contributed by atoms with Crippen LogP contribution in [0.25, 0.3) is 0 Å². The number of nitrogens with one attached hydrogen (secondary N) is 1. The lowest BCUT2D eigenvalue weighted by Crippen LogP contribution is -2.59. The van der Waals surface area contributed by atoms with E-state index in [1.807, 2.05) is 6.07 Å². The molecule has 6 nitrogen and oxygen atoms in total. The number of hydrogen-bond acceptors (Lipinski definition) is 5. The van der Waals surface area contributed by atoms with E-state index in [0.717, 1.165) is 43.9 Å². The van der Waals surface area contributed by atoms with E-state index in [-0.39, 0.29) is 12.8 Å². The Morgan fingerprint density at radius 1 is 1.21 bits per heavy atom. The van der Waals surface area contributed by atoms with Crippen LogP contribution in [-0.4, -0.2) is 42.6 Å². The van der Waals surface area contributed by atoms with Crippen LogP contribution in [0.4, 0.5) is 13.2 Å². The van der Waals surface area contributed by atoms with Crippen LogP contribution in [0.3, 0.4) is 0 Å². The number of piperidine rings is 1.